The number of ether oxygens (including phenoxy) is 1. The van der Waals surface area contributed by atoms with E-state index in [0.29, 0.717) is 15.0 Å². The Morgan fingerprint density at radius 3 is 1.72 bits per heavy atom. The van der Waals surface area contributed by atoms with Crippen LogP contribution in [-0.4, -0.2) is 42.6 Å². The summed E-state index contributed by atoms with van der Waals surface area (Å²) in [5, 5.41) is 0. The lowest BCUT2D eigenvalue weighted by atomic mass is 10.2. The van der Waals surface area contributed by atoms with E-state index in [1.54, 1.807) is 36.4 Å². The maximum absolute atomic E-state index is 14.5. The average Bonchev–Trinajstić information content (AvgIpc) is 4.02. The van der Waals surface area contributed by atoms with Gasteiger partial charge >= 0.3 is 5.69 Å². The minimum atomic E-state index is -4.85. The fourth-order valence-electron chi connectivity index (χ4n) is 5.66. The van der Waals surface area contributed by atoms with Crippen LogP contribution in [0.25, 0.3) is 11.2 Å². The topological polar surface area (TPSA) is 143 Å². The average molecular weight is 676 g/mol. The molecule has 12 nitrogen and oxygen atoms in total. The van der Waals surface area contributed by atoms with E-state index in [4.69, 9.17) is 4.74 Å². The lowest BCUT2D eigenvalue weighted by molar-refractivity contribution is 0.414. The number of fused-ring (bicyclic) bond motifs is 1. The van der Waals surface area contributed by atoms with Crippen LogP contribution in [0.5, 0.6) is 5.75 Å². The van der Waals surface area contributed by atoms with Gasteiger partial charge in [0.15, 0.2) is 11.2 Å². The number of methoxy groups -OCH3 is 1. The molecule has 0 bridgehead atoms. The van der Waals surface area contributed by atoms with Gasteiger partial charge in [0, 0.05) is 13.1 Å². The summed E-state index contributed by atoms with van der Waals surface area (Å²) in [6.45, 7) is 0.398. The van der Waals surface area contributed by atoms with Crippen LogP contribution in [-0.2, 0) is 39.7 Å². The molecule has 244 valence electrons. The summed E-state index contributed by atoms with van der Waals surface area (Å²) in [6, 6.07) is 21.3. The molecule has 0 unspecified atom stereocenters. The zero-order valence-electron chi connectivity index (χ0n) is 25.6. The van der Waals surface area contributed by atoms with Crippen molar-refractivity contribution in [2.24, 2.45) is 11.8 Å². The molecule has 47 heavy (non-hydrogen) atoms. The molecule has 0 radical (unpaired) electrons. The van der Waals surface area contributed by atoms with E-state index < -0.39 is 37.2 Å². The van der Waals surface area contributed by atoms with Crippen molar-refractivity contribution in [1.82, 2.24) is 18.7 Å². The first-order valence-corrected chi connectivity index (χ1v) is 18.2. The smallest absolute Gasteiger partial charge is 0.332 e. The van der Waals surface area contributed by atoms with Crippen LogP contribution >= 0.6 is 0 Å². The predicted molar refractivity (Wildman–Crippen MR) is 176 cm³/mol. The van der Waals surface area contributed by atoms with E-state index in [2.05, 4.69) is 4.98 Å². The minimum Gasteiger partial charge on any atom is -0.497 e. The molecular weight excluding hydrogens is 643 g/mol. The zero-order chi connectivity index (χ0) is 32.9. The third-order valence-electron chi connectivity index (χ3n) is 8.54. The number of nitrogens with zero attached hydrogens (tertiary/aromatic N) is 5. The predicted octanol–water partition coefficient (Wildman–Crippen LogP) is 3.82. The van der Waals surface area contributed by atoms with Crippen LogP contribution < -0.4 is 19.7 Å². The fourth-order valence-corrected chi connectivity index (χ4v) is 9.31. The van der Waals surface area contributed by atoms with Crippen molar-refractivity contribution in [2.75, 3.05) is 10.8 Å². The zero-order valence-corrected chi connectivity index (χ0v) is 27.2. The summed E-state index contributed by atoms with van der Waals surface area (Å²) in [6.07, 6.45) is 3.57. The molecule has 0 N–H and O–H groups in total. The van der Waals surface area contributed by atoms with Crippen molar-refractivity contribution in [3.8, 4) is 5.75 Å². The second kappa shape index (κ2) is 11.8. The lowest BCUT2D eigenvalue weighted by Gasteiger charge is -2.24. The maximum atomic E-state index is 14.5. The van der Waals surface area contributed by atoms with E-state index in [1.807, 2.05) is 0 Å². The van der Waals surface area contributed by atoms with Gasteiger partial charge in [-0.2, -0.15) is 16.8 Å². The summed E-state index contributed by atoms with van der Waals surface area (Å²) in [5.41, 5.74) is -0.680. The third-order valence-corrected chi connectivity index (χ3v) is 12.7. The molecule has 0 atom stereocenters. The first-order chi connectivity index (χ1) is 22.6. The molecule has 0 saturated heterocycles. The monoisotopic (exact) mass is 675 g/mol. The number of rotatable bonds is 12. The second-order valence-electron chi connectivity index (χ2n) is 12.0. The number of imidazole rings is 1. The lowest BCUT2D eigenvalue weighted by Crippen LogP contribution is -2.41. The number of anilines is 1. The Morgan fingerprint density at radius 1 is 0.723 bits per heavy atom. The molecule has 0 amide bonds. The van der Waals surface area contributed by atoms with E-state index in [0.717, 1.165) is 25.7 Å². The van der Waals surface area contributed by atoms with Gasteiger partial charge < -0.3 is 4.74 Å². The molecule has 2 aliphatic rings. The molecule has 0 spiro atoms. The molecule has 7 rings (SSSR count). The second-order valence-corrected chi connectivity index (χ2v) is 15.9. The Labute approximate surface area is 271 Å². The highest BCUT2D eigenvalue weighted by atomic mass is 32.3. The van der Waals surface area contributed by atoms with Gasteiger partial charge in [-0.3, -0.25) is 18.5 Å². The van der Waals surface area contributed by atoms with E-state index in [-0.39, 0.29) is 52.4 Å². The molecule has 2 saturated carbocycles. The van der Waals surface area contributed by atoms with Crippen molar-refractivity contribution in [3.63, 3.8) is 0 Å². The van der Waals surface area contributed by atoms with Crippen molar-refractivity contribution >= 4 is 37.2 Å². The number of aromatic nitrogens is 4. The summed E-state index contributed by atoms with van der Waals surface area (Å²) in [7, 11) is -8.18. The molecule has 3 aromatic carbocycles. The Hall–Kier alpha value is -4.69. The summed E-state index contributed by atoms with van der Waals surface area (Å²) in [4.78, 5) is 32.1. The Morgan fingerprint density at radius 2 is 1.23 bits per heavy atom. The van der Waals surface area contributed by atoms with Gasteiger partial charge in [0.05, 0.1) is 23.4 Å². The highest BCUT2D eigenvalue weighted by molar-refractivity contribution is 8.10. The number of benzene rings is 3. The van der Waals surface area contributed by atoms with Gasteiger partial charge in [-0.15, -0.1) is 3.71 Å². The number of sulfonamides is 2. The van der Waals surface area contributed by atoms with Crippen LogP contribution in [0.2, 0.25) is 0 Å². The summed E-state index contributed by atoms with van der Waals surface area (Å²) >= 11 is 0. The fraction of sp³-hybridized carbons (Fsp3) is 0.303. The summed E-state index contributed by atoms with van der Waals surface area (Å²) in [5.74, 6) is 0.431. The first-order valence-electron chi connectivity index (χ1n) is 15.4. The SMILES string of the molecule is COc1ccc(Cn2c(N(S(=O)(=O)c3ccccc3)S(=O)(=O)c3ccccc3)nc3c(=O)n(CC4CC4)c(=O)n(CC4CC4)c32)cc1. The highest BCUT2D eigenvalue weighted by Gasteiger charge is 2.42. The molecule has 14 heteroatoms. The maximum Gasteiger partial charge on any atom is 0.332 e. The van der Waals surface area contributed by atoms with Gasteiger partial charge in [0.1, 0.15) is 5.75 Å². The Balaban J connectivity index is 1.57. The third kappa shape index (κ3) is 5.76. The van der Waals surface area contributed by atoms with Crippen LogP contribution in [0.3, 0.4) is 0 Å². The number of hydrogen-bond donors (Lipinski definition) is 0. The summed E-state index contributed by atoms with van der Waals surface area (Å²) < 4.78 is 67.6. The van der Waals surface area contributed by atoms with Crippen LogP contribution in [0.1, 0.15) is 31.2 Å². The standard InChI is InChI=1S/C33H33N5O7S2/c1-45-26-18-16-25(17-19-26)20-35-30-29(31(39)37(22-24-14-15-24)33(40)36(30)21-23-12-13-23)34-32(35)38(46(41,42)27-8-4-2-5-9-27)47(43,44)28-10-6-3-7-11-28/h2-11,16-19,23-24H,12-15,20-22H2,1H3. The van der Waals surface area contributed by atoms with Gasteiger partial charge in [0.2, 0.25) is 5.95 Å². The van der Waals surface area contributed by atoms with E-state index >= 15 is 0 Å². The van der Waals surface area contributed by atoms with Gasteiger partial charge in [0.25, 0.3) is 25.6 Å². The molecule has 0 aliphatic heterocycles. The largest absolute Gasteiger partial charge is 0.497 e. The molecule has 2 heterocycles. The molecule has 2 fully saturated rings. The van der Waals surface area contributed by atoms with Crippen LogP contribution in [0.15, 0.2) is 104 Å². The van der Waals surface area contributed by atoms with Gasteiger partial charge in [-0.1, -0.05) is 48.5 Å². The highest BCUT2D eigenvalue weighted by Crippen LogP contribution is 2.35. The van der Waals surface area contributed by atoms with Crippen molar-refractivity contribution in [2.45, 2.75) is 55.1 Å². The molecular formula is C33H33N5O7S2. The van der Waals surface area contributed by atoms with E-state index in [1.165, 1.54) is 69.3 Å². The normalized spacial score (nSPS) is 15.2. The van der Waals surface area contributed by atoms with Crippen LogP contribution in [0.4, 0.5) is 5.95 Å². The molecule has 5 aromatic rings. The Bertz CT molecular complexity index is 2220. The Kier molecular flexibility index (Phi) is 7.79. The minimum absolute atomic E-state index is 0.0706. The molecule has 2 aromatic heterocycles. The van der Waals surface area contributed by atoms with Gasteiger partial charge in [-0.25, -0.2) is 9.78 Å². The van der Waals surface area contributed by atoms with E-state index in [9.17, 15) is 26.4 Å². The van der Waals surface area contributed by atoms with Crippen molar-refractivity contribution in [3.05, 3.63) is 111 Å². The van der Waals surface area contributed by atoms with Crippen molar-refractivity contribution in [1.29, 1.82) is 0 Å². The number of hydrogen-bond acceptors (Lipinski definition) is 8. The quantitative estimate of drug-likeness (QED) is 0.194. The molecule has 2 aliphatic carbocycles. The van der Waals surface area contributed by atoms with Gasteiger partial charge in [-0.05, 0) is 79.5 Å². The first kappa shape index (κ1) is 30.9. The van der Waals surface area contributed by atoms with Crippen molar-refractivity contribution < 1.29 is 21.6 Å². The van der Waals surface area contributed by atoms with Crippen LogP contribution in [0, 0.1) is 11.8 Å².